The Labute approximate surface area is 155 Å². The summed E-state index contributed by atoms with van der Waals surface area (Å²) >= 11 is 0. The molecule has 140 valence electrons. The van der Waals surface area contributed by atoms with Crippen molar-refractivity contribution in [1.29, 1.82) is 0 Å². The lowest BCUT2D eigenvalue weighted by Gasteiger charge is -2.57. The van der Waals surface area contributed by atoms with Gasteiger partial charge in [0, 0.05) is 37.1 Å². The number of ether oxygens (including phenoxy) is 1. The van der Waals surface area contributed by atoms with Crippen molar-refractivity contribution in [2.45, 2.75) is 45.3 Å². The molecule has 2 unspecified atom stereocenters. The van der Waals surface area contributed by atoms with Crippen LogP contribution in [0.25, 0.3) is 0 Å². The molecule has 0 radical (unpaired) electrons. The first kappa shape index (κ1) is 21.4. The fourth-order valence-electron chi connectivity index (χ4n) is 3.01. The summed E-state index contributed by atoms with van der Waals surface area (Å²) in [4.78, 5) is 24.3. The maximum absolute atomic E-state index is 12.4. The highest BCUT2D eigenvalue weighted by Crippen LogP contribution is 2.49. The van der Waals surface area contributed by atoms with Crippen molar-refractivity contribution < 1.29 is 14.3 Å². The smallest absolute Gasteiger partial charge is 0.240 e. The third kappa shape index (κ3) is 4.51. The van der Waals surface area contributed by atoms with E-state index in [0.29, 0.717) is 13.0 Å². The molecule has 1 aromatic rings. The minimum Gasteiger partial charge on any atom is -0.378 e. The van der Waals surface area contributed by atoms with E-state index in [1.807, 2.05) is 51.1 Å². The molecule has 25 heavy (non-hydrogen) atoms. The second kappa shape index (κ2) is 8.65. The van der Waals surface area contributed by atoms with Crippen molar-refractivity contribution >= 4 is 29.9 Å². The molecule has 2 amide bonds. The van der Waals surface area contributed by atoms with Crippen molar-refractivity contribution in [2.24, 2.45) is 11.1 Å². The lowest BCUT2D eigenvalue weighted by molar-refractivity contribution is -0.170. The van der Waals surface area contributed by atoms with E-state index in [-0.39, 0.29) is 43.3 Å². The monoisotopic (exact) mass is 369 g/mol. The van der Waals surface area contributed by atoms with Crippen molar-refractivity contribution in [2.75, 3.05) is 18.5 Å². The van der Waals surface area contributed by atoms with Gasteiger partial charge in [0.05, 0.1) is 6.10 Å². The Kier molecular flexibility index (Phi) is 7.41. The van der Waals surface area contributed by atoms with Gasteiger partial charge in [0.2, 0.25) is 11.8 Å². The van der Waals surface area contributed by atoms with Crippen LogP contribution in [0.2, 0.25) is 0 Å². The summed E-state index contributed by atoms with van der Waals surface area (Å²) in [5.74, 6) is -0.372. The van der Waals surface area contributed by atoms with Gasteiger partial charge in [-0.2, -0.15) is 0 Å². The molecule has 1 saturated carbocycles. The van der Waals surface area contributed by atoms with E-state index >= 15 is 0 Å². The number of hydrogen-bond donors (Lipinski definition) is 3. The minimum absolute atomic E-state index is 0. The molecule has 1 fully saturated rings. The average Bonchev–Trinajstić information content (AvgIpc) is 2.55. The molecule has 6 nitrogen and oxygen atoms in total. The Morgan fingerprint density at radius 1 is 1.28 bits per heavy atom. The van der Waals surface area contributed by atoms with Crippen molar-refractivity contribution in [3.63, 3.8) is 0 Å². The summed E-state index contributed by atoms with van der Waals surface area (Å²) in [6.07, 6.45) is 0.682. The first-order valence-electron chi connectivity index (χ1n) is 8.35. The summed E-state index contributed by atoms with van der Waals surface area (Å²) in [7, 11) is 0. The van der Waals surface area contributed by atoms with Gasteiger partial charge < -0.3 is 21.1 Å². The van der Waals surface area contributed by atoms with Crippen LogP contribution >= 0.6 is 12.4 Å². The Balaban J connectivity index is 0.00000312. The lowest BCUT2D eigenvalue weighted by Crippen LogP contribution is -2.75. The van der Waals surface area contributed by atoms with Crippen molar-refractivity contribution in [3.05, 3.63) is 30.3 Å². The van der Waals surface area contributed by atoms with E-state index in [2.05, 4.69) is 10.6 Å². The molecule has 1 aromatic carbocycles. The summed E-state index contributed by atoms with van der Waals surface area (Å²) < 4.78 is 5.62. The molecule has 0 spiro atoms. The molecule has 0 heterocycles. The lowest BCUT2D eigenvalue weighted by atomic mass is 9.54. The molecule has 0 bridgehead atoms. The molecule has 2 rings (SSSR count). The van der Waals surface area contributed by atoms with Crippen LogP contribution in [0, 0.1) is 5.41 Å². The number of carbonyl (C=O) groups excluding carboxylic acids is 2. The van der Waals surface area contributed by atoms with Crippen LogP contribution in [0.15, 0.2) is 30.3 Å². The van der Waals surface area contributed by atoms with Crippen LogP contribution in [0.3, 0.4) is 0 Å². The number of amides is 2. The molecular formula is C18H28ClN3O3. The number of anilines is 1. The van der Waals surface area contributed by atoms with Crippen LogP contribution in [-0.4, -0.2) is 36.6 Å². The van der Waals surface area contributed by atoms with Crippen LogP contribution in [-0.2, 0) is 14.3 Å². The number of nitrogens with one attached hydrogen (secondary N) is 2. The van der Waals surface area contributed by atoms with Gasteiger partial charge in [-0.25, -0.2) is 0 Å². The van der Waals surface area contributed by atoms with Crippen LogP contribution < -0.4 is 16.4 Å². The predicted molar refractivity (Wildman–Crippen MR) is 101 cm³/mol. The first-order chi connectivity index (χ1) is 11.3. The Hall–Kier alpha value is -1.63. The standard InChI is InChI=1S/C18H27N3O3.ClH/c1-4-24-14-12-18(19,17(14,2)3)16(23)20-11-10-15(22)21-13-8-6-5-7-9-13;/h5-9,14H,4,10-12,19H2,1-3H3,(H,20,23)(H,21,22);1H. The Bertz CT molecular complexity index is 594. The van der Waals surface area contributed by atoms with Crippen molar-refractivity contribution in [3.8, 4) is 0 Å². The van der Waals surface area contributed by atoms with Gasteiger partial charge in [-0.1, -0.05) is 32.0 Å². The number of halogens is 1. The number of rotatable bonds is 7. The van der Waals surface area contributed by atoms with E-state index in [4.69, 9.17) is 10.5 Å². The minimum atomic E-state index is -0.956. The number of carbonyl (C=O) groups is 2. The predicted octanol–water partition coefficient (Wildman–Crippen LogP) is 2.09. The van der Waals surface area contributed by atoms with Gasteiger partial charge in [0.25, 0.3) is 0 Å². The quantitative estimate of drug-likeness (QED) is 0.686. The molecule has 0 aliphatic heterocycles. The van der Waals surface area contributed by atoms with E-state index in [0.717, 1.165) is 5.69 Å². The highest BCUT2D eigenvalue weighted by atomic mass is 35.5. The molecule has 7 heteroatoms. The Morgan fingerprint density at radius 2 is 1.92 bits per heavy atom. The summed E-state index contributed by atoms with van der Waals surface area (Å²) in [5, 5.41) is 5.56. The maximum atomic E-state index is 12.4. The van der Waals surface area contributed by atoms with Gasteiger partial charge in [0.15, 0.2) is 0 Å². The number of para-hydroxylation sites is 1. The van der Waals surface area contributed by atoms with Gasteiger partial charge in [-0.3, -0.25) is 9.59 Å². The van der Waals surface area contributed by atoms with E-state index in [1.165, 1.54) is 0 Å². The zero-order valence-corrected chi connectivity index (χ0v) is 15.8. The molecule has 1 aliphatic rings. The average molecular weight is 370 g/mol. The summed E-state index contributed by atoms with van der Waals surface area (Å²) in [5.41, 5.74) is 5.65. The van der Waals surface area contributed by atoms with E-state index in [1.54, 1.807) is 0 Å². The van der Waals surface area contributed by atoms with Crippen LogP contribution in [0.4, 0.5) is 5.69 Å². The Morgan fingerprint density at radius 3 is 2.48 bits per heavy atom. The van der Waals surface area contributed by atoms with Crippen LogP contribution in [0.1, 0.15) is 33.6 Å². The third-order valence-corrected chi connectivity index (χ3v) is 4.93. The van der Waals surface area contributed by atoms with Gasteiger partial charge >= 0.3 is 0 Å². The summed E-state index contributed by atoms with van der Waals surface area (Å²) in [6, 6.07) is 9.21. The van der Waals surface area contributed by atoms with E-state index in [9.17, 15) is 9.59 Å². The van der Waals surface area contributed by atoms with Gasteiger partial charge in [-0.15, -0.1) is 12.4 Å². The normalized spacial score (nSPS) is 23.8. The first-order valence-corrected chi connectivity index (χ1v) is 8.35. The second-order valence-corrected chi connectivity index (χ2v) is 6.76. The number of benzene rings is 1. The number of hydrogen-bond acceptors (Lipinski definition) is 4. The molecular weight excluding hydrogens is 342 g/mol. The van der Waals surface area contributed by atoms with Crippen LogP contribution in [0.5, 0.6) is 0 Å². The van der Waals surface area contributed by atoms with Crippen molar-refractivity contribution in [1.82, 2.24) is 5.32 Å². The molecule has 4 N–H and O–H groups in total. The molecule has 2 atom stereocenters. The second-order valence-electron chi connectivity index (χ2n) is 6.76. The maximum Gasteiger partial charge on any atom is 0.240 e. The molecule has 1 aliphatic carbocycles. The highest BCUT2D eigenvalue weighted by Gasteiger charge is 2.62. The molecule has 0 saturated heterocycles. The SMILES string of the molecule is CCOC1CC(N)(C(=O)NCCC(=O)Nc2ccccc2)C1(C)C.Cl. The number of nitrogens with two attached hydrogens (primary N) is 1. The molecule has 0 aromatic heterocycles. The fourth-order valence-corrected chi connectivity index (χ4v) is 3.01. The topological polar surface area (TPSA) is 93.4 Å². The fraction of sp³-hybridized carbons (Fsp3) is 0.556. The van der Waals surface area contributed by atoms with Gasteiger partial charge in [0.1, 0.15) is 5.54 Å². The largest absolute Gasteiger partial charge is 0.378 e. The summed E-state index contributed by atoms with van der Waals surface area (Å²) in [6.45, 7) is 6.67. The van der Waals surface area contributed by atoms with Gasteiger partial charge in [-0.05, 0) is 19.1 Å². The third-order valence-electron chi connectivity index (χ3n) is 4.93. The van der Waals surface area contributed by atoms with E-state index < -0.39 is 11.0 Å². The highest BCUT2D eigenvalue weighted by molar-refractivity contribution is 5.92. The zero-order chi connectivity index (χ0) is 17.8. The zero-order valence-electron chi connectivity index (χ0n) is 15.0.